The van der Waals surface area contributed by atoms with Crippen LogP contribution in [-0.2, 0) is 4.79 Å². The maximum atomic E-state index is 12.7. The molecule has 0 saturated carbocycles. The van der Waals surface area contributed by atoms with E-state index in [0.717, 1.165) is 0 Å². The Morgan fingerprint density at radius 2 is 1.89 bits per heavy atom. The van der Waals surface area contributed by atoms with E-state index in [4.69, 9.17) is 14.9 Å². The van der Waals surface area contributed by atoms with Gasteiger partial charge in [0.05, 0.1) is 18.8 Å². The zero-order valence-corrected chi connectivity index (χ0v) is 10.9. The van der Waals surface area contributed by atoms with Gasteiger partial charge in [0.1, 0.15) is 11.6 Å². The number of ether oxygens (including phenoxy) is 1. The van der Waals surface area contributed by atoms with Gasteiger partial charge in [-0.2, -0.15) is 0 Å². The maximum absolute atomic E-state index is 12.7. The van der Waals surface area contributed by atoms with E-state index in [1.165, 1.54) is 38.1 Å². The minimum atomic E-state index is -1.10. The lowest BCUT2D eigenvalue weighted by Crippen LogP contribution is -2.54. The van der Waals surface area contributed by atoms with Crippen LogP contribution in [0.25, 0.3) is 0 Å². The van der Waals surface area contributed by atoms with Crippen LogP contribution < -0.4 is 10.1 Å². The third-order valence-corrected chi connectivity index (χ3v) is 2.62. The number of benzene rings is 1. The molecule has 6 heteroatoms. The molecule has 0 bridgehead atoms. The van der Waals surface area contributed by atoms with E-state index in [1.807, 2.05) is 0 Å². The summed E-state index contributed by atoms with van der Waals surface area (Å²) in [5.74, 6) is -0.508. The molecule has 1 aromatic carbocycles. The Balaban J connectivity index is 2.60. The molecular formula is C13H18FNO4. The van der Waals surface area contributed by atoms with Gasteiger partial charge in [0, 0.05) is 0 Å². The molecule has 0 fully saturated rings. The predicted molar refractivity (Wildman–Crippen MR) is 67.2 cm³/mol. The lowest BCUT2D eigenvalue weighted by Gasteiger charge is -2.27. The van der Waals surface area contributed by atoms with Crippen LogP contribution in [0.2, 0.25) is 0 Å². The van der Waals surface area contributed by atoms with Crippen LogP contribution in [0, 0.1) is 5.82 Å². The number of amides is 1. The van der Waals surface area contributed by atoms with E-state index in [1.54, 1.807) is 0 Å². The van der Waals surface area contributed by atoms with Crippen LogP contribution in [-0.4, -0.2) is 41.0 Å². The first kappa shape index (κ1) is 15.4. The van der Waals surface area contributed by atoms with Gasteiger partial charge in [-0.25, -0.2) is 4.39 Å². The molecule has 1 unspecified atom stereocenters. The van der Waals surface area contributed by atoms with E-state index in [9.17, 15) is 9.18 Å². The second-order valence-electron chi connectivity index (χ2n) is 4.58. The van der Waals surface area contributed by atoms with E-state index in [-0.39, 0.29) is 0 Å². The Bertz CT molecular complexity index is 417. The molecule has 0 heterocycles. The molecule has 1 atom stereocenters. The molecule has 0 radical (unpaired) electrons. The quantitative estimate of drug-likeness (QED) is 0.702. The normalized spacial score (nSPS) is 12.9. The molecule has 0 aromatic heterocycles. The number of hydrogen-bond acceptors (Lipinski definition) is 4. The molecule has 0 spiro atoms. The maximum Gasteiger partial charge on any atom is 0.261 e. The second-order valence-corrected chi connectivity index (χ2v) is 4.58. The van der Waals surface area contributed by atoms with Crippen LogP contribution in [0.5, 0.6) is 5.75 Å². The molecule has 5 nitrogen and oxygen atoms in total. The number of aliphatic hydroxyl groups excluding tert-OH is 2. The van der Waals surface area contributed by atoms with Gasteiger partial charge in [0.2, 0.25) is 0 Å². The van der Waals surface area contributed by atoms with Gasteiger partial charge in [0.15, 0.2) is 6.10 Å². The fourth-order valence-corrected chi connectivity index (χ4v) is 1.30. The zero-order chi connectivity index (χ0) is 14.5. The minimum absolute atomic E-state index is 0.360. The van der Waals surface area contributed by atoms with Gasteiger partial charge in [-0.1, -0.05) is 0 Å². The number of carbonyl (C=O) groups excluding carboxylic acids is 1. The Hall–Kier alpha value is -1.66. The molecule has 1 rings (SSSR count). The highest BCUT2D eigenvalue weighted by Gasteiger charge is 2.27. The molecule has 19 heavy (non-hydrogen) atoms. The van der Waals surface area contributed by atoms with Crippen molar-refractivity contribution in [2.75, 3.05) is 13.2 Å². The molecule has 0 saturated heterocycles. The summed E-state index contributed by atoms with van der Waals surface area (Å²) in [6.45, 7) is 2.25. The first-order valence-corrected chi connectivity index (χ1v) is 5.86. The molecule has 0 aliphatic heterocycles. The molecule has 0 aliphatic rings. The number of nitrogens with one attached hydrogen (secondary N) is 1. The van der Waals surface area contributed by atoms with Gasteiger partial charge >= 0.3 is 0 Å². The molecule has 3 N–H and O–H groups in total. The van der Waals surface area contributed by atoms with Crippen LogP contribution in [0.1, 0.15) is 13.8 Å². The Morgan fingerprint density at radius 3 is 2.37 bits per heavy atom. The van der Waals surface area contributed by atoms with Gasteiger partial charge in [-0.3, -0.25) is 4.79 Å². The van der Waals surface area contributed by atoms with Gasteiger partial charge in [-0.05, 0) is 38.1 Å². The fraction of sp³-hybridized carbons (Fsp3) is 0.462. The number of carbonyl (C=O) groups is 1. The number of aliphatic hydroxyl groups is 2. The number of hydrogen-bond donors (Lipinski definition) is 3. The van der Waals surface area contributed by atoms with Gasteiger partial charge in [0.25, 0.3) is 5.91 Å². The summed E-state index contributed by atoms with van der Waals surface area (Å²) in [7, 11) is 0. The van der Waals surface area contributed by atoms with Crippen molar-refractivity contribution in [1.82, 2.24) is 5.32 Å². The smallest absolute Gasteiger partial charge is 0.261 e. The first-order chi connectivity index (χ1) is 8.90. The van der Waals surface area contributed by atoms with Crippen molar-refractivity contribution in [1.29, 1.82) is 0 Å². The highest BCUT2D eigenvalue weighted by molar-refractivity contribution is 5.81. The van der Waals surface area contributed by atoms with E-state index in [2.05, 4.69) is 5.32 Å². The molecule has 1 aromatic rings. The molecule has 1 amide bonds. The standard InChI is InChI=1S/C13H18FNO4/c1-9(12(18)15-13(2,7-16)8-17)19-11-5-3-10(14)4-6-11/h3-6,9,16-17H,7-8H2,1-2H3,(H,15,18). The summed E-state index contributed by atoms with van der Waals surface area (Å²) in [6.07, 6.45) is -0.831. The van der Waals surface area contributed by atoms with Crippen molar-refractivity contribution in [2.45, 2.75) is 25.5 Å². The number of halogens is 1. The van der Waals surface area contributed by atoms with Crippen molar-refractivity contribution >= 4 is 5.91 Å². The Kier molecular flexibility index (Phi) is 5.26. The second kappa shape index (κ2) is 6.49. The van der Waals surface area contributed by atoms with E-state index >= 15 is 0 Å². The van der Waals surface area contributed by atoms with Crippen LogP contribution in [0.3, 0.4) is 0 Å². The third kappa shape index (κ3) is 4.50. The SMILES string of the molecule is CC(Oc1ccc(F)cc1)C(=O)NC(C)(CO)CO. The summed E-state index contributed by atoms with van der Waals surface area (Å²) < 4.78 is 18.0. The van der Waals surface area contributed by atoms with Crippen LogP contribution in [0.4, 0.5) is 4.39 Å². The predicted octanol–water partition coefficient (Wildman–Crippen LogP) is 0.452. The summed E-state index contributed by atoms with van der Waals surface area (Å²) in [5.41, 5.74) is -1.10. The molecule has 0 aliphatic carbocycles. The van der Waals surface area contributed by atoms with Crippen molar-refractivity contribution < 1.29 is 24.1 Å². The van der Waals surface area contributed by atoms with Crippen molar-refractivity contribution in [2.24, 2.45) is 0 Å². The van der Waals surface area contributed by atoms with Crippen LogP contribution in [0.15, 0.2) is 24.3 Å². The lowest BCUT2D eigenvalue weighted by atomic mass is 10.1. The number of rotatable bonds is 6. The Morgan fingerprint density at radius 1 is 1.37 bits per heavy atom. The minimum Gasteiger partial charge on any atom is -0.481 e. The van der Waals surface area contributed by atoms with Gasteiger partial charge < -0.3 is 20.3 Å². The average Bonchev–Trinajstić information content (AvgIpc) is 2.41. The van der Waals surface area contributed by atoms with Gasteiger partial charge in [-0.15, -0.1) is 0 Å². The first-order valence-electron chi connectivity index (χ1n) is 5.86. The monoisotopic (exact) mass is 271 g/mol. The van der Waals surface area contributed by atoms with Crippen LogP contribution >= 0.6 is 0 Å². The highest BCUT2D eigenvalue weighted by atomic mass is 19.1. The van der Waals surface area contributed by atoms with Crippen molar-refractivity contribution in [3.05, 3.63) is 30.1 Å². The topological polar surface area (TPSA) is 78.8 Å². The molecular weight excluding hydrogens is 253 g/mol. The molecule has 106 valence electrons. The van der Waals surface area contributed by atoms with Crippen molar-refractivity contribution in [3.63, 3.8) is 0 Å². The third-order valence-electron chi connectivity index (χ3n) is 2.62. The summed E-state index contributed by atoms with van der Waals surface area (Å²) in [4.78, 5) is 11.8. The highest BCUT2D eigenvalue weighted by Crippen LogP contribution is 2.13. The summed E-state index contributed by atoms with van der Waals surface area (Å²) in [6, 6.07) is 5.28. The lowest BCUT2D eigenvalue weighted by molar-refractivity contribution is -0.130. The van der Waals surface area contributed by atoms with E-state index in [0.29, 0.717) is 5.75 Å². The Labute approximate surface area is 111 Å². The van der Waals surface area contributed by atoms with Crippen molar-refractivity contribution in [3.8, 4) is 5.75 Å². The largest absolute Gasteiger partial charge is 0.481 e. The summed E-state index contributed by atoms with van der Waals surface area (Å²) >= 11 is 0. The van der Waals surface area contributed by atoms with E-state index < -0.39 is 36.6 Å². The fourth-order valence-electron chi connectivity index (χ4n) is 1.30. The zero-order valence-electron chi connectivity index (χ0n) is 10.9. The average molecular weight is 271 g/mol. The summed E-state index contributed by atoms with van der Waals surface area (Å²) in [5, 5.41) is 20.6.